The van der Waals surface area contributed by atoms with Gasteiger partial charge in [0.2, 0.25) is 0 Å². The normalized spacial score (nSPS) is 12.2. The topological polar surface area (TPSA) is 79.7 Å². The quantitative estimate of drug-likeness (QED) is 0.851. The Labute approximate surface area is 94.8 Å². The first-order valence-electron chi connectivity index (χ1n) is 4.13. The van der Waals surface area contributed by atoms with Crippen LogP contribution in [0.1, 0.15) is 5.56 Å². The highest BCUT2D eigenvalue weighted by atomic mass is 79.9. The SMILES string of the molecule is COc1cncc(Br)c1CC(O)C(=O)O. The molecule has 15 heavy (non-hydrogen) atoms. The molecule has 0 aliphatic rings. The van der Waals surface area contributed by atoms with Crippen molar-refractivity contribution in [2.45, 2.75) is 12.5 Å². The van der Waals surface area contributed by atoms with Gasteiger partial charge in [-0.25, -0.2) is 4.79 Å². The zero-order chi connectivity index (χ0) is 11.4. The third-order valence-electron chi connectivity index (χ3n) is 1.87. The van der Waals surface area contributed by atoms with E-state index in [9.17, 15) is 9.90 Å². The highest BCUT2D eigenvalue weighted by Crippen LogP contribution is 2.26. The molecule has 6 heteroatoms. The van der Waals surface area contributed by atoms with Crippen molar-refractivity contribution in [2.75, 3.05) is 7.11 Å². The number of aliphatic hydroxyl groups excluding tert-OH is 1. The van der Waals surface area contributed by atoms with Gasteiger partial charge in [0.1, 0.15) is 5.75 Å². The van der Waals surface area contributed by atoms with Crippen LogP contribution < -0.4 is 4.74 Å². The van der Waals surface area contributed by atoms with E-state index in [4.69, 9.17) is 9.84 Å². The van der Waals surface area contributed by atoms with Crippen LogP contribution in [-0.4, -0.2) is 34.4 Å². The maximum Gasteiger partial charge on any atom is 0.332 e. The molecule has 82 valence electrons. The first-order valence-corrected chi connectivity index (χ1v) is 4.92. The highest BCUT2D eigenvalue weighted by Gasteiger charge is 2.18. The second-order valence-electron chi connectivity index (χ2n) is 2.86. The van der Waals surface area contributed by atoms with E-state index in [1.807, 2.05) is 0 Å². The Balaban J connectivity index is 2.97. The van der Waals surface area contributed by atoms with E-state index < -0.39 is 12.1 Å². The molecule has 2 N–H and O–H groups in total. The van der Waals surface area contributed by atoms with Crippen molar-refractivity contribution < 1.29 is 19.7 Å². The number of halogens is 1. The third kappa shape index (κ3) is 2.90. The highest BCUT2D eigenvalue weighted by molar-refractivity contribution is 9.10. The zero-order valence-electron chi connectivity index (χ0n) is 7.98. The Kier molecular flexibility index (Phi) is 4.05. The van der Waals surface area contributed by atoms with Gasteiger partial charge >= 0.3 is 5.97 Å². The summed E-state index contributed by atoms with van der Waals surface area (Å²) >= 11 is 3.22. The van der Waals surface area contributed by atoms with Crippen LogP contribution in [0.25, 0.3) is 0 Å². The molecule has 0 aliphatic carbocycles. The summed E-state index contributed by atoms with van der Waals surface area (Å²) in [6.07, 6.45) is 1.51. The van der Waals surface area contributed by atoms with Crippen molar-refractivity contribution in [3.05, 3.63) is 22.4 Å². The van der Waals surface area contributed by atoms with Crippen molar-refractivity contribution in [1.29, 1.82) is 0 Å². The lowest BCUT2D eigenvalue weighted by molar-refractivity contribution is -0.146. The number of carbonyl (C=O) groups is 1. The number of aliphatic carboxylic acids is 1. The van der Waals surface area contributed by atoms with Gasteiger partial charge in [0.15, 0.2) is 6.10 Å². The number of aliphatic hydroxyl groups is 1. The van der Waals surface area contributed by atoms with Gasteiger partial charge in [-0.3, -0.25) is 4.98 Å². The van der Waals surface area contributed by atoms with Crippen molar-refractivity contribution in [1.82, 2.24) is 4.98 Å². The summed E-state index contributed by atoms with van der Waals surface area (Å²) < 4.78 is 5.62. The summed E-state index contributed by atoms with van der Waals surface area (Å²) in [5.41, 5.74) is 0.586. The second-order valence-corrected chi connectivity index (χ2v) is 3.71. The van der Waals surface area contributed by atoms with Gasteiger partial charge in [0.25, 0.3) is 0 Å². The van der Waals surface area contributed by atoms with E-state index >= 15 is 0 Å². The lowest BCUT2D eigenvalue weighted by Crippen LogP contribution is -2.22. The third-order valence-corrected chi connectivity index (χ3v) is 2.55. The smallest absolute Gasteiger partial charge is 0.332 e. The number of hydrogen-bond donors (Lipinski definition) is 2. The molecule has 1 aromatic rings. The van der Waals surface area contributed by atoms with Gasteiger partial charge in [0, 0.05) is 22.7 Å². The number of nitrogens with zero attached hydrogens (tertiary/aromatic N) is 1. The van der Waals surface area contributed by atoms with Crippen molar-refractivity contribution in [2.24, 2.45) is 0 Å². The van der Waals surface area contributed by atoms with E-state index in [1.165, 1.54) is 19.5 Å². The molecule has 1 unspecified atom stereocenters. The molecule has 1 heterocycles. The molecule has 0 aromatic carbocycles. The van der Waals surface area contributed by atoms with Crippen LogP contribution in [-0.2, 0) is 11.2 Å². The molecule has 0 amide bonds. The number of carboxylic acids is 1. The molecule has 1 atom stereocenters. The van der Waals surface area contributed by atoms with Gasteiger partial charge < -0.3 is 14.9 Å². The monoisotopic (exact) mass is 275 g/mol. The molecule has 1 aromatic heterocycles. The van der Waals surface area contributed by atoms with E-state index in [1.54, 1.807) is 0 Å². The summed E-state index contributed by atoms with van der Waals surface area (Å²) in [6.45, 7) is 0. The largest absolute Gasteiger partial charge is 0.495 e. The predicted molar refractivity (Wildman–Crippen MR) is 55.8 cm³/mol. The summed E-state index contributed by atoms with van der Waals surface area (Å²) in [7, 11) is 1.46. The fourth-order valence-electron chi connectivity index (χ4n) is 1.10. The Morgan fingerprint density at radius 3 is 2.87 bits per heavy atom. The molecule has 0 bridgehead atoms. The molecule has 0 saturated carbocycles. The molecule has 0 spiro atoms. The zero-order valence-corrected chi connectivity index (χ0v) is 9.56. The number of hydrogen-bond acceptors (Lipinski definition) is 4. The van der Waals surface area contributed by atoms with E-state index in [2.05, 4.69) is 20.9 Å². The molecule has 0 fully saturated rings. The first kappa shape index (κ1) is 11.9. The fraction of sp³-hybridized carbons (Fsp3) is 0.333. The minimum Gasteiger partial charge on any atom is -0.495 e. The average Bonchev–Trinajstić information content (AvgIpc) is 2.20. The van der Waals surface area contributed by atoms with Gasteiger partial charge in [-0.1, -0.05) is 0 Å². The molecule has 0 saturated heterocycles. The molecule has 5 nitrogen and oxygen atoms in total. The van der Waals surface area contributed by atoms with Crippen molar-refractivity contribution >= 4 is 21.9 Å². The summed E-state index contributed by atoms with van der Waals surface area (Å²) in [5, 5.41) is 17.8. The second kappa shape index (κ2) is 5.09. The molecular weight excluding hydrogens is 266 g/mol. The summed E-state index contributed by atoms with van der Waals surface area (Å²) in [5.74, 6) is -0.814. The average molecular weight is 276 g/mol. The number of carboxylic acid groups (broad SMARTS) is 1. The lowest BCUT2D eigenvalue weighted by atomic mass is 10.1. The van der Waals surface area contributed by atoms with Crippen LogP contribution in [0.15, 0.2) is 16.9 Å². The minimum absolute atomic E-state index is 0.0262. The van der Waals surface area contributed by atoms with Crippen LogP contribution in [0.3, 0.4) is 0 Å². The fourth-order valence-corrected chi connectivity index (χ4v) is 1.57. The Hall–Kier alpha value is -1.14. The Morgan fingerprint density at radius 1 is 1.67 bits per heavy atom. The Morgan fingerprint density at radius 2 is 2.33 bits per heavy atom. The van der Waals surface area contributed by atoms with Crippen LogP contribution in [0.4, 0.5) is 0 Å². The van der Waals surface area contributed by atoms with Crippen molar-refractivity contribution in [3.8, 4) is 5.75 Å². The predicted octanol–water partition coefficient (Wildman–Crippen LogP) is 0.841. The molecular formula is C9H10BrNO4. The standard InChI is InChI=1S/C9H10BrNO4/c1-15-8-4-11-3-6(10)5(8)2-7(12)9(13)14/h3-4,7,12H,2H2,1H3,(H,13,14). The van der Waals surface area contributed by atoms with Crippen LogP contribution in [0, 0.1) is 0 Å². The molecule has 0 aliphatic heterocycles. The number of methoxy groups -OCH3 is 1. The lowest BCUT2D eigenvalue weighted by Gasteiger charge is -2.11. The molecule has 0 radical (unpaired) electrons. The molecule has 1 rings (SSSR count). The number of pyridine rings is 1. The minimum atomic E-state index is -1.45. The number of ether oxygens (including phenoxy) is 1. The maximum atomic E-state index is 10.5. The van der Waals surface area contributed by atoms with Gasteiger partial charge in [-0.05, 0) is 15.9 Å². The van der Waals surface area contributed by atoms with Gasteiger partial charge in [-0.2, -0.15) is 0 Å². The van der Waals surface area contributed by atoms with E-state index in [0.717, 1.165) is 0 Å². The van der Waals surface area contributed by atoms with Crippen molar-refractivity contribution in [3.63, 3.8) is 0 Å². The first-order chi connectivity index (χ1) is 7.06. The Bertz CT molecular complexity index is 369. The van der Waals surface area contributed by atoms with Crippen LogP contribution in [0.2, 0.25) is 0 Å². The van der Waals surface area contributed by atoms with Crippen LogP contribution >= 0.6 is 15.9 Å². The maximum absolute atomic E-state index is 10.5. The van der Waals surface area contributed by atoms with E-state index in [-0.39, 0.29) is 6.42 Å². The summed E-state index contributed by atoms with van der Waals surface area (Å²) in [6, 6.07) is 0. The summed E-state index contributed by atoms with van der Waals surface area (Å²) in [4.78, 5) is 14.4. The van der Waals surface area contributed by atoms with Gasteiger partial charge in [-0.15, -0.1) is 0 Å². The number of rotatable bonds is 4. The van der Waals surface area contributed by atoms with E-state index in [0.29, 0.717) is 15.8 Å². The van der Waals surface area contributed by atoms with Gasteiger partial charge in [0.05, 0.1) is 13.3 Å². The van der Waals surface area contributed by atoms with Crippen LogP contribution in [0.5, 0.6) is 5.75 Å². The number of aromatic nitrogens is 1.